The van der Waals surface area contributed by atoms with Crippen LogP contribution >= 0.6 is 43.2 Å². The van der Waals surface area contributed by atoms with Gasteiger partial charge in [-0.05, 0) is 50.3 Å². The topological polar surface area (TPSA) is 20.2 Å². The molecule has 0 radical (unpaired) electrons. The van der Waals surface area contributed by atoms with Gasteiger partial charge in [0.25, 0.3) is 0 Å². The van der Waals surface area contributed by atoms with Gasteiger partial charge < -0.3 is 5.11 Å². The maximum Gasteiger partial charge on any atom is 0.0809 e. The summed E-state index contributed by atoms with van der Waals surface area (Å²) in [6.45, 7) is 4.42. The van der Waals surface area contributed by atoms with Crippen molar-refractivity contribution in [1.82, 2.24) is 0 Å². The van der Waals surface area contributed by atoms with Crippen LogP contribution in [0.2, 0.25) is 0 Å². The molecule has 1 unspecified atom stereocenters. The van der Waals surface area contributed by atoms with Crippen LogP contribution < -0.4 is 0 Å². The fraction of sp³-hybridized carbons (Fsp3) is 0.636. The third-order valence-electron chi connectivity index (χ3n) is 2.30. The molecule has 1 aromatic heterocycles. The molecule has 0 spiro atoms. The summed E-state index contributed by atoms with van der Waals surface area (Å²) < 4.78 is 2.10. The van der Waals surface area contributed by atoms with E-state index in [1.165, 1.54) is 6.42 Å². The van der Waals surface area contributed by atoms with Crippen molar-refractivity contribution in [3.8, 4) is 0 Å². The molecule has 1 aromatic rings. The van der Waals surface area contributed by atoms with Crippen LogP contribution in [0, 0.1) is 5.92 Å². The van der Waals surface area contributed by atoms with Crippen molar-refractivity contribution in [3.63, 3.8) is 0 Å². The quantitative estimate of drug-likeness (QED) is 0.775. The standard InChI is InChI=1S/C11H16Br2OS/c1-7(2)4-3-5-9(14)8-6-10(12)15-11(8)13/h6-7,9,14H,3-5H2,1-2H3. The third kappa shape index (κ3) is 4.55. The number of rotatable bonds is 5. The van der Waals surface area contributed by atoms with Gasteiger partial charge in [-0.2, -0.15) is 0 Å². The lowest BCUT2D eigenvalue weighted by Gasteiger charge is -2.10. The summed E-state index contributed by atoms with van der Waals surface area (Å²) in [4.78, 5) is 0. The van der Waals surface area contributed by atoms with Crippen LogP contribution in [0.3, 0.4) is 0 Å². The van der Waals surface area contributed by atoms with Crippen LogP contribution in [0.5, 0.6) is 0 Å². The molecule has 1 rings (SSSR count). The van der Waals surface area contributed by atoms with Gasteiger partial charge in [-0.3, -0.25) is 0 Å². The molecule has 4 heteroatoms. The summed E-state index contributed by atoms with van der Waals surface area (Å²) in [6.07, 6.45) is 2.78. The van der Waals surface area contributed by atoms with E-state index in [9.17, 15) is 5.11 Å². The molecular weight excluding hydrogens is 340 g/mol. The van der Waals surface area contributed by atoms with E-state index in [0.717, 1.165) is 31.9 Å². The van der Waals surface area contributed by atoms with Crippen molar-refractivity contribution in [2.24, 2.45) is 5.92 Å². The van der Waals surface area contributed by atoms with Crippen LogP contribution in [-0.2, 0) is 0 Å². The molecule has 0 aliphatic heterocycles. The van der Waals surface area contributed by atoms with E-state index in [-0.39, 0.29) is 6.10 Å². The summed E-state index contributed by atoms with van der Waals surface area (Å²) in [7, 11) is 0. The third-order valence-corrected chi connectivity index (χ3v) is 4.69. The molecule has 0 saturated heterocycles. The van der Waals surface area contributed by atoms with E-state index < -0.39 is 0 Å². The predicted molar refractivity (Wildman–Crippen MR) is 73.4 cm³/mol. The molecule has 1 atom stereocenters. The molecular formula is C11H16Br2OS. The predicted octanol–water partition coefficient (Wildman–Crippen LogP) is 5.13. The van der Waals surface area contributed by atoms with Crippen molar-refractivity contribution in [2.75, 3.05) is 0 Å². The summed E-state index contributed by atoms with van der Waals surface area (Å²) in [5.74, 6) is 0.717. The first kappa shape index (κ1) is 13.7. The average Bonchev–Trinajstić information content (AvgIpc) is 2.44. The number of aliphatic hydroxyl groups is 1. The van der Waals surface area contributed by atoms with Crippen molar-refractivity contribution in [1.29, 1.82) is 0 Å². The summed E-state index contributed by atoms with van der Waals surface area (Å²) in [5, 5.41) is 9.98. The average molecular weight is 356 g/mol. The zero-order valence-corrected chi connectivity index (χ0v) is 13.0. The summed E-state index contributed by atoms with van der Waals surface area (Å²) in [5.41, 5.74) is 1.01. The molecule has 0 aliphatic rings. The minimum atomic E-state index is -0.333. The highest BCUT2D eigenvalue weighted by Gasteiger charge is 2.14. The van der Waals surface area contributed by atoms with Gasteiger partial charge in [-0.25, -0.2) is 0 Å². The molecule has 0 fully saturated rings. The smallest absolute Gasteiger partial charge is 0.0809 e. The minimum absolute atomic E-state index is 0.333. The van der Waals surface area contributed by atoms with E-state index in [2.05, 4.69) is 45.7 Å². The summed E-state index contributed by atoms with van der Waals surface area (Å²) >= 11 is 8.50. The SMILES string of the molecule is CC(C)CCCC(O)c1cc(Br)sc1Br. The lowest BCUT2D eigenvalue weighted by atomic mass is 10.0. The fourth-order valence-electron chi connectivity index (χ4n) is 1.46. The van der Waals surface area contributed by atoms with Crippen molar-refractivity contribution in [2.45, 2.75) is 39.2 Å². The largest absolute Gasteiger partial charge is 0.388 e. The number of halogens is 2. The van der Waals surface area contributed by atoms with Gasteiger partial charge in [0.15, 0.2) is 0 Å². The Morgan fingerprint density at radius 1 is 1.33 bits per heavy atom. The fourth-order valence-corrected chi connectivity index (χ4v) is 4.41. The summed E-state index contributed by atoms with van der Waals surface area (Å²) in [6, 6.07) is 1.99. The Labute approximate surface area is 112 Å². The molecule has 0 aromatic carbocycles. The highest BCUT2D eigenvalue weighted by atomic mass is 79.9. The van der Waals surface area contributed by atoms with Gasteiger partial charge in [0.1, 0.15) is 0 Å². The van der Waals surface area contributed by atoms with Crippen LogP contribution in [0.4, 0.5) is 0 Å². The molecule has 0 amide bonds. The van der Waals surface area contributed by atoms with E-state index in [1.807, 2.05) is 6.07 Å². The first-order valence-electron chi connectivity index (χ1n) is 5.13. The van der Waals surface area contributed by atoms with E-state index in [0.29, 0.717) is 0 Å². The second-order valence-electron chi connectivity index (χ2n) is 4.12. The van der Waals surface area contributed by atoms with Crippen molar-refractivity contribution >= 4 is 43.2 Å². The number of hydrogen-bond acceptors (Lipinski definition) is 2. The second-order valence-corrected chi connectivity index (χ2v) is 7.87. The molecule has 1 N–H and O–H groups in total. The Bertz CT molecular complexity index is 310. The molecule has 0 aliphatic carbocycles. The van der Waals surface area contributed by atoms with Crippen LogP contribution in [0.25, 0.3) is 0 Å². The molecule has 0 saturated carbocycles. The first-order chi connectivity index (χ1) is 7.00. The van der Waals surface area contributed by atoms with E-state index in [4.69, 9.17) is 0 Å². The zero-order chi connectivity index (χ0) is 11.4. The Kier molecular flexibility index (Phi) is 5.82. The van der Waals surface area contributed by atoms with Gasteiger partial charge >= 0.3 is 0 Å². The molecule has 0 bridgehead atoms. The molecule has 86 valence electrons. The van der Waals surface area contributed by atoms with Gasteiger partial charge in [-0.1, -0.05) is 26.7 Å². The van der Waals surface area contributed by atoms with Crippen LogP contribution in [0.1, 0.15) is 44.8 Å². The number of aliphatic hydroxyl groups excluding tert-OH is 1. The lowest BCUT2D eigenvalue weighted by molar-refractivity contribution is 0.162. The second kappa shape index (κ2) is 6.38. The Hall–Kier alpha value is 0.620. The Morgan fingerprint density at radius 2 is 2.00 bits per heavy atom. The van der Waals surface area contributed by atoms with E-state index in [1.54, 1.807) is 11.3 Å². The molecule has 1 heterocycles. The highest BCUT2D eigenvalue weighted by Crippen LogP contribution is 2.37. The lowest BCUT2D eigenvalue weighted by Crippen LogP contribution is -1.97. The van der Waals surface area contributed by atoms with Crippen molar-refractivity contribution in [3.05, 3.63) is 19.2 Å². The van der Waals surface area contributed by atoms with Gasteiger partial charge in [0.2, 0.25) is 0 Å². The van der Waals surface area contributed by atoms with Gasteiger partial charge in [-0.15, -0.1) is 11.3 Å². The minimum Gasteiger partial charge on any atom is -0.388 e. The monoisotopic (exact) mass is 354 g/mol. The normalized spacial score (nSPS) is 13.5. The number of thiophene rings is 1. The van der Waals surface area contributed by atoms with Crippen LogP contribution in [0.15, 0.2) is 13.6 Å². The Balaban J connectivity index is 2.46. The first-order valence-corrected chi connectivity index (χ1v) is 7.53. The van der Waals surface area contributed by atoms with E-state index >= 15 is 0 Å². The molecule has 1 nitrogen and oxygen atoms in total. The van der Waals surface area contributed by atoms with Crippen LogP contribution in [-0.4, -0.2) is 5.11 Å². The van der Waals surface area contributed by atoms with Gasteiger partial charge in [0.05, 0.1) is 13.7 Å². The van der Waals surface area contributed by atoms with Gasteiger partial charge in [0, 0.05) is 5.56 Å². The Morgan fingerprint density at radius 3 is 2.47 bits per heavy atom. The zero-order valence-electron chi connectivity index (χ0n) is 8.96. The van der Waals surface area contributed by atoms with Crippen molar-refractivity contribution < 1.29 is 5.11 Å². The number of hydrogen-bond donors (Lipinski definition) is 1. The maximum atomic E-state index is 9.98. The molecule has 15 heavy (non-hydrogen) atoms. The maximum absolute atomic E-state index is 9.98. The highest BCUT2D eigenvalue weighted by molar-refractivity contribution is 9.12.